The number of ether oxygens (including phenoxy) is 1. The first-order valence-corrected chi connectivity index (χ1v) is 7.87. The van der Waals surface area contributed by atoms with Crippen molar-refractivity contribution in [3.05, 3.63) is 65.0 Å². The van der Waals surface area contributed by atoms with Crippen LogP contribution in [0.25, 0.3) is 12.2 Å². The van der Waals surface area contributed by atoms with E-state index in [9.17, 15) is 30.7 Å². The highest BCUT2D eigenvalue weighted by atomic mass is 19.4. The van der Waals surface area contributed by atoms with Gasteiger partial charge < -0.3 is 4.74 Å². The van der Waals surface area contributed by atoms with Gasteiger partial charge in [-0.1, -0.05) is 49.4 Å². The van der Waals surface area contributed by atoms with Crippen molar-refractivity contribution in [2.24, 2.45) is 0 Å². The summed E-state index contributed by atoms with van der Waals surface area (Å²) in [5.74, 6) is -2.52. The van der Waals surface area contributed by atoms with Crippen molar-refractivity contribution in [1.82, 2.24) is 0 Å². The van der Waals surface area contributed by atoms with Crippen molar-refractivity contribution in [3.63, 3.8) is 0 Å². The van der Waals surface area contributed by atoms with Crippen LogP contribution in [0.15, 0.2) is 42.5 Å². The minimum Gasteiger partial charge on any atom is -0.427 e. The van der Waals surface area contributed by atoms with E-state index in [1.54, 1.807) is 6.08 Å². The Morgan fingerprint density at radius 3 is 2.00 bits per heavy atom. The van der Waals surface area contributed by atoms with Gasteiger partial charge in [0.15, 0.2) is 11.6 Å². The lowest BCUT2D eigenvalue weighted by Crippen LogP contribution is -2.45. The van der Waals surface area contributed by atoms with Crippen LogP contribution in [0.5, 0.6) is 5.75 Å². The second kappa shape index (κ2) is 8.02. The second-order valence-corrected chi connectivity index (χ2v) is 5.69. The van der Waals surface area contributed by atoms with Crippen molar-refractivity contribution < 1.29 is 35.5 Å². The molecule has 1 atom stereocenters. The van der Waals surface area contributed by atoms with Crippen molar-refractivity contribution in [2.75, 3.05) is 0 Å². The molecule has 0 fully saturated rings. The van der Waals surface area contributed by atoms with Crippen LogP contribution in [0.4, 0.5) is 30.7 Å². The normalized spacial score (nSPS) is 13.8. The first-order chi connectivity index (χ1) is 12.5. The lowest BCUT2D eigenvalue weighted by molar-refractivity contribution is -0.305. The van der Waals surface area contributed by atoms with Gasteiger partial charge in [-0.25, -0.2) is 8.78 Å². The third-order valence-corrected chi connectivity index (χ3v) is 3.64. The smallest absolute Gasteiger partial charge is 0.427 e. The Morgan fingerprint density at radius 2 is 1.48 bits per heavy atom. The Labute approximate surface area is 151 Å². The van der Waals surface area contributed by atoms with E-state index in [0.29, 0.717) is 6.07 Å². The van der Waals surface area contributed by atoms with E-state index in [0.717, 1.165) is 29.7 Å². The van der Waals surface area contributed by atoms with Crippen molar-refractivity contribution >= 4 is 12.2 Å². The van der Waals surface area contributed by atoms with E-state index in [1.807, 2.05) is 31.2 Å². The average molecular weight is 392 g/mol. The molecule has 0 aliphatic rings. The maximum absolute atomic E-state index is 13.9. The van der Waals surface area contributed by atoms with Gasteiger partial charge in [-0.3, -0.25) is 0 Å². The fourth-order valence-electron chi connectivity index (χ4n) is 2.15. The molecule has 2 aromatic carbocycles. The van der Waals surface area contributed by atoms with Gasteiger partial charge >= 0.3 is 12.3 Å². The molecule has 0 spiro atoms. The molecule has 1 nitrogen and oxygen atoms in total. The van der Waals surface area contributed by atoms with E-state index < -0.39 is 30.0 Å². The van der Waals surface area contributed by atoms with E-state index in [-0.39, 0.29) is 5.56 Å². The van der Waals surface area contributed by atoms with E-state index in [4.69, 9.17) is 0 Å². The van der Waals surface area contributed by atoms with Gasteiger partial charge in [0.2, 0.25) is 0 Å². The summed E-state index contributed by atoms with van der Waals surface area (Å²) in [5, 5.41) is 0. The zero-order valence-electron chi connectivity index (χ0n) is 14.0. The second-order valence-electron chi connectivity index (χ2n) is 5.69. The van der Waals surface area contributed by atoms with Gasteiger partial charge in [0.05, 0.1) is 0 Å². The molecule has 0 bridgehead atoms. The highest BCUT2D eigenvalue weighted by Crippen LogP contribution is 2.37. The number of rotatable bonds is 6. The van der Waals surface area contributed by atoms with Gasteiger partial charge in [0, 0.05) is 0 Å². The Bertz CT molecular complexity index is 795. The quantitative estimate of drug-likeness (QED) is 0.407. The van der Waals surface area contributed by atoms with Crippen LogP contribution < -0.4 is 4.74 Å². The molecule has 2 rings (SSSR count). The Morgan fingerprint density at radius 1 is 0.926 bits per heavy atom. The number of hydrogen-bond donors (Lipinski definition) is 0. The standard InChI is InChI=1S/C19H15F7O/c1-2-12-3-5-13(6-4-12)7-8-14-9-10-16(15(20)11-14)27-19(25,26)17(21)18(22,23)24/h3-11,17H,2H2,1H3. The topological polar surface area (TPSA) is 9.23 Å². The molecular formula is C19H15F7O. The fourth-order valence-corrected chi connectivity index (χ4v) is 2.15. The minimum absolute atomic E-state index is 0.260. The fraction of sp³-hybridized carbons (Fsp3) is 0.263. The summed E-state index contributed by atoms with van der Waals surface area (Å²) >= 11 is 0. The molecule has 8 heteroatoms. The molecule has 0 amide bonds. The summed E-state index contributed by atoms with van der Waals surface area (Å²) in [6.45, 7) is 2.00. The number of halogens is 7. The number of hydrogen-bond acceptors (Lipinski definition) is 1. The predicted octanol–water partition coefficient (Wildman–Crippen LogP) is 6.43. The first-order valence-electron chi connectivity index (χ1n) is 7.87. The predicted molar refractivity (Wildman–Crippen MR) is 87.7 cm³/mol. The van der Waals surface area contributed by atoms with Gasteiger partial charge in [0.25, 0.3) is 6.17 Å². The molecule has 0 aliphatic carbocycles. The van der Waals surface area contributed by atoms with Crippen LogP contribution in [-0.4, -0.2) is 18.5 Å². The Hall–Kier alpha value is -2.51. The summed E-state index contributed by atoms with van der Waals surface area (Å²) in [4.78, 5) is 0. The maximum atomic E-state index is 13.9. The molecule has 1 unspecified atom stereocenters. The van der Waals surface area contributed by atoms with Crippen LogP contribution in [0.3, 0.4) is 0 Å². The molecule has 0 aromatic heterocycles. The van der Waals surface area contributed by atoms with Crippen molar-refractivity contribution in [3.8, 4) is 5.75 Å². The third kappa shape index (κ3) is 5.48. The van der Waals surface area contributed by atoms with Gasteiger partial charge in [-0.2, -0.15) is 22.0 Å². The van der Waals surface area contributed by atoms with Crippen molar-refractivity contribution in [2.45, 2.75) is 31.8 Å². The highest BCUT2D eigenvalue weighted by Gasteiger charge is 2.59. The van der Waals surface area contributed by atoms with E-state index in [2.05, 4.69) is 4.74 Å². The summed E-state index contributed by atoms with van der Waals surface area (Å²) in [6, 6.07) is 10.2. The molecule has 27 heavy (non-hydrogen) atoms. The Balaban J connectivity index is 2.13. The van der Waals surface area contributed by atoms with Crippen LogP contribution >= 0.6 is 0 Å². The zero-order chi connectivity index (χ0) is 20.2. The summed E-state index contributed by atoms with van der Waals surface area (Å²) in [5.41, 5.74) is 2.20. The number of alkyl halides is 6. The van der Waals surface area contributed by atoms with Crippen LogP contribution in [-0.2, 0) is 6.42 Å². The molecule has 0 N–H and O–H groups in total. The lowest BCUT2D eigenvalue weighted by Gasteiger charge is -2.23. The largest absolute Gasteiger partial charge is 0.439 e. The molecule has 0 saturated heterocycles. The highest BCUT2D eigenvalue weighted by molar-refractivity contribution is 5.70. The third-order valence-electron chi connectivity index (χ3n) is 3.64. The number of aryl methyl sites for hydroxylation is 1. The summed E-state index contributed by atoms with van der Waals surface area (Å²) < 4.78 is 93.0. The molecule has 0 aliphatic heterocycles. The first kappa shape index (κ1) is 20.8. The molecule has 2 aromatic rings. The molecule has 0 radical (unpaired) electrons. The molecular weight excluding hydrogens is 377 g/mol. The van der Waals surface area contributed by atoms with E-state index >= 15 is 0 Å². The van der Waals surface area contributed by atoms with Gasteiger partial charge in [-0.05, 0) is 35.2 Å². The van der Waals surface area contributed by atoms with Gasteiger partial charge in [0.1, 0.15) is 0 Å². The van der Waals surface area contributed by atoms with Crippen LogP contribution in [0.2, 0.25) is 0 Å². The zero-order valence-corrected chi connectivity index (χ0v) is 14.0. The Kier molecular flexibility index (Phi) is 6.18. The summed E-state index contributed by atoms with van der Waals surface area (Å²) in [7, 11) is 0. The lowest BCUT2D eigenvalue weighted by atomic mass is 10.1. The monoisotopic (exact) mass is 392 g/mol. The molecule has 146 valence electrons. The van der Waals surface area contributed by atoms with E-state index in [1.165, 1.54) is 6.08 Å². The molecule has 0 saturated carbocycles. The maximum Gasteiger partial charge on any atom is 0.439 e. The number of benzene rings is 2. The SMILES string of the molecule is CCc1ccc(C=Cc2ccc(OC(F)(F)C(F)C(F)(F)F)c(F)c2)cc1. The molecule has 0 heterocycles. The van der Waals surface area contributed by atoms with Gasteiger partial charge in [-0.15, -0.1) is 0 Å². The average Bonchev–Trinajstić information content (AvgIpc) is 2.61. The van der Waals surface area contributed by atoms with Crippen LogP contribution in [0.1, 0.15) is 23.6 Å². The minimum atomic E-state index is -5.84. The van der Waals surface area contributed by atoms with Crippen LogP contribution in [0, 0.1) is 5.82 Å². The van der Waals surface area contributed by atoms with Crippen molar-refractivity contribution in [1.29, 1.82) is 0 Å². The summed E-state index contributed by atoms with van der Waals surface area (Å²) in [6.07, 6.45) is -11.7.